The van der Waals surface area contributed by atoms with E-state index in [0.29, 0.717) is 63.6 Å². The topological polar surface area (TPSA) is 102 Å². The molecule has 2 aromatic rings. The van der Waals surface area contributed by atoms with Crippen LogP contribution in [0.2, 0.25) is 0 Å². The molecule has 2 fully saturated rings. The average Bonchev–Trinajstić information content (AvgIpc) is 2.79. The molecule has 8 nitrogen and oxygen atoms in total. The molecule has 0 radical (unpaired) electrons. The summed E-state index contributed by atoms with van der Waals surface area (Å²) in [6.45, 7) is 3.76. The Labute approximate surface area is 169 Å². The van der Waals surface area contributed by atoms with E-state index in [1.165, 1.54) is 6.33 Å². The molecule has 8 heteroatoms. The number of nitrogens with two attached hydrogens (primary N) is 1. The van der Waals surface area contributed by atoms with E-state index in [9.17, 15) is 9.59 Å². The highest BCUT2D eigenvalue weighted by molar-refractivity contribution is 5.95. The lowest BCUT2D eigenvalue weighted by atomic mass is 9.94. The summed E-state index contributed by atoms with van der Waals surface area (Å²) < 4.78 is 5.32. The van der Waals surface area contributed by atoms with Crippen molar-refractivity contribution >= 4 is 17.6 Å². The number of benzene rings is 1. The zero-order valence-electron chi connectivity index (χ0n) is 16.3. The van der Waals surface area contributed by atoms with E-state index < -0.39 is 0 Å². The fraction of sp³-hybridized carbons (Fsp3) is 0.429. The van der Waals surface area contributed by atoms with Gasteiger partial charge < -0.3 is 20.3 Å². The molecule has 2 N–H and O–H groups in total. The summed E-state index contributed by atoms with van der Waals surface area (Å²) in [5.74, 6) is 0.609. The number of carbonyl (C=O) groups is 2. The van der Waals surface area contributed by atoms with E-state index in [0.717, 1.165) is 11.3 Å². The third kappa shape index (κ3) is 4.37. The smallest absolute Gasteiger partial charge is 0.253 e. The van der Waals surface area contributed by atoms with Crippen LogP contribution in [0.1, 0.15) is 23.2 Å². The number of hydrogen-bond acceptors (Lipinski definition) is 6. The molecule has 29 heavy (non-hydrogen) atoms. The highest BCUT2D eigenvalue weighted by atomic mass is 16.5. The molecule has 2 aliphatic rings. The van der Waals surface area contributed by atoms with Gasteiger partial charge >= 0.3 is 0 Å². The SMILES string of the molecule is Nc1cc(-c2ccc(C(=O)N3CCC(C(=O)N4CCOCC4)CC3)cc2)ncn1. The minimum Gasteiger partial charge on any atom is -0.384 e. The Kier molecular flexibility index (Phi) is 5.71. The van der Waals surface area contributed by atoms with Crippen LogP contribution in [0.15, 0.2) is 36.7 Å². The van der Waals surface area contributed by atoms with Crippen LogP contribution in [0.4, 0.5) is 5.82 Å². The number of anilines is 1. The van der Waals surface area contributed by atoms with Gasteiger partial charge in [0.1, 0.15) is 12.1 Å². The molecule has 0 atom stereocenters. The van der Waals surface area contributed by atoms with Gasteiger partial charge in [0.2, 0.25) is 5.91 Å². The molecule has 0 saturated carbocycles. The Bertz CT molecular complexity index is 872. The number of aromatic nitrogens is 2. The Morgan fingerprint density at radius 2 is 1.66 bits per heavy atom. The third-order valence-electron chi connectivity index (χ3n) is 5.57. The number of morpholine rings is 1. The largest absolute Gasteiger partial charge is 0.384 e. The maximum Gasteiger partial charge on any atom is 0.253 e. The maximum absolute atomic E-state index is 12.8. The normalized spacial score (nSPS) is 17.9. The van der Waals surface area contributed by atoms with Crippen molar-refractivity contribution in [2.45, 2.75) is 12.8 Å². The fourth-order valence-corrected chi connectivity index (χ4v) is 3.87. The van der Waals surface area contributed by atoms with E-state index in [2.05, 4.69) is 9.97 Å². The van der Waals surface area contributed by atoms with Crippen LogP contribution in [0, 0.1) is 5.92 Å². The molecular formula is C21H25N5O3. The van der Waals surface area contributed by atoms with Crippen molar-refractivity contribution in [1.82, 2.24) is 19.8 Å². The van der Waals surface area contributed by atoms with Crippen molar-refractivity contribution < 1.29 is 14.3 Å². The summed E-state index contributed by atoms with van der Waals surface area (Å²) in [6, 6.07) is 9.04. The second kappa shape index (κ2) is 8.57. The number of piperidine rings is 1. The predicted molar refractivity (Wildman–Crippen MR) is 108 cm³/mol. The number of hydrogen-bond donors (Lipinski definition) is 1. The van der Waals surface area contributed by atoms with Crippen LogP contribution in [-0.4, -0.2) is 71.0 Å². The van der Waals surface area contributed by atoms with Crippen LogP contribution in [0.3, 0.4) is 0 Å². The Balaban J connectivity index is 1.35. The lowest BCUT2D eigenvalue weighted by Gasteiger charge is -2.35. The predicted octanol–water partition coefficient (Wildman–Crippen LogP) is 1.44. The molecule has 2 aliphatic heterocycles. The van der Waals surface area contributed by atoms with E-state index in [1.54, 1.807) is 18.2 Å². The summed E-state index contributed by atoms with van der Waals surface area (Å²) in [4.78, 5) is 37.3. The molecule has 0 spiro atoms. The molecule has 4 rings (SSSR count). The number of amides is 2. The minimum absolute atomic E-state index is 0.00255. The van der Waals surface area contributed by atoms with Gasteiger partial charge in [0.15, 0.2) is 0 Å². The van der Waals surface area contributed by atoms with Crippen LogP contribution in [0.5, 0.6) is 0 Å². The molecule has 1 aromatic carbocycles. The third-order valence-corrected chi connectivity index (χ3v) is 5.57. The first-order chi connectivity index (χ1) is 14.1. The first-order valence-corrected chi connectivity index (χ1v) is 9.95. The molecule has 0 bridgehead atoms. The molecule has 2 saturated heterocycles. The van der Waals surface area contributed by atoms with Crippen molar-refractivity contribution in [3.63, 3.8) is 0 Å². The van der Waals surface area contributed by atoms with Gasteiger partial charge in [-0.05, 0) is 25.0 Å². The number of nitrogen functional groups attached to an aromatic ring is 1. The van der Waals surface area contributed by atoms with Crippen LogP contribution < -0.4 is 5.73 Å². The zero-order chi connectivity index (χ0) is 20.2. The number of carbonyl (C=O) groups excluding carboxylic acids is 2. The van der Waals surface area contributed by atoms with Crippen molar-refractivity contribution in [2.24, 2.45) is 5.92 Å². The summed E-state index contributed by atoms with van der Waals surface area (Å²) in [6.07, 6.45) is 2.84. The van der Waals surface area contributed by atoms with Gasteiger partial charge in [0, 0.05) is 49.3 Å². The zero-order valence-corrected chi connectivity index (χ0v) is 16.3. The van der Waals surface area contributed by atoms with E-state index >= 15 is 0 Å². The summed E-state index contributed by atoms with van der Waals surface area (Å²) in [5.41, 5.74) is 7.94. The molecule has 3 heterocycles. The summed E-state index contributed by atoms with van der Waals surface area (Å²) in [7, 11) is 0. The standard InChI is InChI=1S/C21H25N5O3/c22-19-13-18(23-14-24-19)15-1-3-16(4-2-15)20(27)25-7-5-17(6-8-25)21(28)26-9-11-29-12-10-26/h1-4,13-14,17H,5-12H2,(H2,22,23,24). The number of likely N-dealkylation sites (tertiary alicyclic amines) is 1. The van der Waals surface area contributed by atoms with E-state index in [4.69, 9.17) is 10.5 Å². The van der Waals surface area contributed by atoms with Gasteiger partial charge in [-0.15, -0.1) is 0 Å². The van der Waals surface area contributed by atoms with Crippen molar-refractivity contribution in [3.8, 4) is 11.3 Å². The van der Waals surface area contributed by atoms with Gasteiger partial charge in [0.25, 0.3) is 5.91 Å². The van der Waals surface area contributed by atoms with Gasteiger partial charge in [-0.1, -0.05) is 12.1 Å². The minimum atomic E-state index is -0.00368. The second-order valence-corrected chi connectivity index (χ2v) is 7.41. The lowest BCUT2D eigenvalue weighted by molar-refractivity contribution is -0.141. The maximum atomic E-state index is 12.8. The summed E-state index contributed by atoms with van der Waals surface area (Å²) >= 11 is 0. The molecule has 0 aliphatic carbocycles. The Morgan fingerprint density at radius 3 is 2.31 bits per heavy atom. The Morgan fingerprint density at radius 1 is 0.966 bits per heavy atom. The molecule has 152 valence electrons. The Hall–Kier alpha value is -3.00. The van der Waals surface area contributed by atoms with E-state index in [1.807, 2.05) is 21.9 Å². The number of nitrogens with zero attached hydrogens (tertiary/aromatic N) is 4. The van der Waals surface area contributed by atoms with Crippen LogP contribution in [-0.2, 0) is 9.53 Å². The van der Waals surface area contributed by atoms with Gasteiger partial charge in [-0.3, -0.25) is 9.59 Å². The second-order valence-electron chi connectivity index (χ2n) is 7.41. The van der Waals surface area contributed by atoms with E-state index in [-0.39, 0.29) is 17.7 Å². The monoisotopic (exact) mass is 395 g/mol. The molecular weight excluding hydrogens is 370 g/mol. The first-order valence-electron chi connectivity index (χ1n) is 9.95. The molecule has 2 amide bonds. The first kappa shape index (κ1) is 19.3. The highest BCUT2D eigenvalue weighted by Gasteiger charge is 2.31. The fourth-order valence-electron chi connectivity index (χ4n) is 3.87. The van der Waals surface area contributed by atoms with Gasteiger partial charge in [-0.2, -0.15) is 0 Å². The van der Waals surface area contributed by atoms with Crippen molar-refractivity contribution in [3.05, 3.63) is 42.2 Å². The van der Waals surface area contributed by atoms with Crippen molar-refractivity contribution in [2.75, 3.05) is 45.1 Å². The van der Waals surface area contributed by atoms with Crippen LogP contribution in [0.25, 0.3) is 11.3 Å². The van der Waals surface area contributed by atoms with Crippen LogP contribution >= 0.6 is 0 Å². The highest BCUT2D eigenvalue weighted by Crippen LogP contribution is 2.23. The quantitative estimate of drug-likeness (QED) is 0.844. The molecule has 0 unspecified atom stereocenters. The van der Waals surface area contributed by atoms with Gasteiger partial charge in [0.05, 0.1) is 18.9 Å². The number of ether oxygens (including phenoxy) is 1. The van der Waals surface area contributed by atoms with Crippen molar-refractivity contribution in [1.29, 1.82) is 0 Å². The lowest BCUT2D eigenvalue weighted by Crippen LogP contribution is -2.47. The average molecular weight is 395 g/mol. The molecule has 1 aromatic heterocycles. The summed E-state index contributed by atoms with van der Waals surface area (Å²) in [5, 5.41) is 0. The number of rotatable bonds is 3. The van der Waals surface area contributed by atoms with Gasteiger partial charge in [-0.25, -0.2) is 9.97 Å².